The molecule has 21 heavy (non-hydrogen) atoms. The predicted molar refractivity (Wildman–Crippen MR) is 84.7 cm³/mol. The van der Waals surface area contributed by atoms with E-state index in [-0.39, 0.29) is 0 Å². The minimum atomic E-state index is 0.413. The number of nitrogens with zero attached hydrogens (tertiary/aromatic N) is 1. The molecule has 1 aromatic heterocycles. The van der Waals surface area contributed by atoms with E-state index < -0.39 is 0 Å². The molecule has 0 N–H and O–H groups in total. The third-order valence-electron chi connectivity index (χ3n) is 3.92. The number of rotatable bonds is 5. The largest absolute Gasteiger partial charge is 0.497 e. The van der Waals surface area contributed by atoms with Crippen molar-refractivity contribution in [2.24, 2.45) is 0 Å². The highest BCUT2D eigenvalue weighted by Crippen LogP contribution is 2.28. The van der Waals surface area contributed by atoms with Crippen LogP contribution in [-0.2, 0) is 6.54 Å². The molecule has 3 heteroatoms. The third-order valence-corrected chi connectivity index (χ3v) is 3.92. The first kappa shape index (κ1) is 13.8. The van der Waals surface area contributed by atoms with E-state index in [0.29, 0.717) is 6.04 Å². The Morgan fingerprint density at radius 2 is 2.24 bits per heavy atom. The lowest BCUT2D eigenvalue weighted by Crippen LogP contribution is -2.34. The summed E-state index contributed by atoms with van der Waals surface area (Å²) < 4.78 is 10.9. The van der Waals surface area contributed by atoms with E-state index in [0.717, 1.165) is 18.1 Å². The molecular weight excluding hydrogens is 262 g/mol. The van der Waals surface area contributed by atoms with Gasteiger partial charge in [0, 0.05) is 17.8 Å². The Bertz CT molecular complexity index is 589. The van der Waals surface area contributed by atoms with Gasteiger partial charge in [0.1, 0.15) is 11.5 Å². The number of anilines is 1. The fraction of sp³-hybridized carbons (Fsp3) is 0.333. The van der Waals surface area contributed by atoms with E-state index in [9.17, 15) is 0 Å². The van der Waals surface area contributed by atoms with E-state index >= 15 is 0 Å². The first-order valence-electron chi connectivity index (χ1n) is 7.46. The lowest BCUT2D eigenvalue weighted by Gasteiger charge is -2.33. The summed E-state index contributed by atoms with van der Waals surface area (Å²) in [6, 6.07) is 12.6. The van der Waals surface area contributed by atoms with Crippen molar-refractivity contribution < 1.29 is 9.15 Å². The molecule has 1 aliphatic rings. The van der Waals surface area contributed by atoms with Crippen LogP contribution in [0.1, 0.15) is 25.0 Å². The van der Waals surface area contributed by atoms with Crippen LogP contribution in [0, 0.1) is 0 Å². The maximum absolute atomic E-state index is 5.54. The number of hydrogen-bond acceptors (Lipinski definition) is 3. The Morgan fingerprint density at radius 3 is 2.95 bits per heavy atom. The number of methoxy groups -OCH3 is 1. The molecule has 0 saturated heterocycles. The van der Waals surface area contributed by atoms with Crippen molar-refractivity contribution in [1.29, 1.82) is 0 Å². The monoisotopic (exact) mass is 283 g/mol. The second kappa shape index (κ2) is 6.53. The van der Waals surface area contributed by atoms with Crippen LogP contribution in [-0.4, -0.2) is 13.2 Å². The van der Waals surface area contributed by atoms with Gasteiger partial charge in [-0.15, -0.1) is 0 Å². The highest BCUT2D eigenvalue weighted by Gasteiger charge is 2.20. The minimum Gasteiger partial charge on any atom is -0.497 e. The van der Waals surface area contributed by atoms with Gasteiger partial charge in [-0.2, -0.15) is 0 Å². The minimum absolute atomic E-state index is 0.413. The molecule has 0 amide bonds. The van der Waals surface area contributed by atoms with Crippen LogP contribution < -0.4 is 9.64 Å². The van der Waals surface area contributed by atoms with Crippen LogP contribution in [0.2, 0.25) is 0 Å². The molecule has 1 unspecified atom stereocenters. The highest BCUT2D eigenvalue weighted by molar-refractivity contribution is 5.52. The third kappa shape index (κ3) is 3.30. The summed E-state index contributed by atoms with van der Waals surface area (Å²) in [7, 11) is 1.70. The van der Waals surface area contributed by atoms with E-state index in [2.05, 4.69) is 29.2 Å². The molecule has 0 aliphatic heterocycles. The molecule has 1 atom stereocenters. The molecule has 1 heterocycles. The van der Waals surface area contributed by atoms with Crippen LogP contribution >= 0.6 is 0 Å². The van der Waals surface area contributed by atoms with Crippen LogP contribution in [0.25, 0.3) is 0 Å². The zero-order valence-electron chi connectivity index (χ0n) is 12.4. The fourth-order valence-electron chi connectivity index (χ4n) is 2.81. The van der Waals surface area contributed by atoms with Crippen LogP contribution in [0.4, 0.5) is 5.69 Å². The molecule has 0 fully saturated rings. The van der Waals surface area contributed by atoms with Crippen molar-refractivity contribution in [3.63, 3.8) is 0 Å². The molecule has 0 spiro atoms. The molecule has 0 bridgehead atoms. The lowest BCUT2D eigenvalue weighted by molar-refractivity contribution is 0.414. The Kier molecular flexibility index (Phi) is 4.29. The molecule has 0 radical (unpaired) electrons. The summed E-state index contributed by atoms with van der Waals surface area (Å²) in [6.45, 7) is 0.773. The molecule has 110 valence electrons. The average Bonchev–Trinajstić information content (AvgIpc) is 3.07. The second-order valence-corrected chi connectivity index (χ2v) is 5.34. The standard InChI is InChI=1S/C18H21NO2/c1-20-17-10-5-9-16(13-17)19(14-18-11-6-12-21-18)15-7-3-2-4-8-15/h3,5-7,9-13,15H,2,4,8,14H2,1H3. The van der Waals surface area contributed by atoms with Gasteiger partial charge < -0.3 is 14.1 Å². The van der Waals surface area contributed by atoms with Crippen molar-refractivity contribution in [2.75, 3.05) is 12.0 Å². The maximum atomic E-state index is 5.54. The molecular formula is C18H21NO2. The molecule has 1 aromatic carbocycles. The summed E-state index contributed by atoms with van der Waals surface area (Å²) in [6.07, 6.45) is 9.92. The summed E-state index contributed by atoms with van der Waals surface area (Å²) in [5, 5.41) is 0. The molecule has 1 aliphatic carbocycles. The summed E-state index contributed by atoms with van der Waals surface area (Å²) in [5.41, 5.74) is 1.17. The quantitative estimate of drug-likeness (QED) is 0.760. The Balaban J connectivity index is 1.90. The first-order chi connectivity index (χ1) is 10.4. The maximum Gasteiger partial charge on any atom is 0.123 e. The van der Waals surface area contributed by atoms with Gasteiger partial charge in [0.2, 0.25) is 0 Å². The zero-order chi connectivity index (χ0) is 14.5. The second-order valence-electron chi connectivity index (χ2n) is 5.34. The van der Waals surface area contributed by atoms with Crippen molar-refractivity contribution in [2.45, 2.75) is 31.8 Å². The van der Waals surface area contributed by atoms with E-state index in [1.165, 1.54) is 24.9 Å². The van der Waals surface area contributed by atoms with Gasteiger partial charge in [0.15, 0.2) is 0 Å². The van der Waals surface area contributed by atoms with Crippen molar-refractivity contribution in [1.82, 2.24) is 0 Å². The SMILES string of the molecule is COc1cccc(N(Cc2ccco2)C2C=CCCC2)c1. The smallest absolute Gasteiger partial charge is 0.123 e. The molecule has 3 rings (SSSR count). The number of ether oxygens (including phenoxy) is 1. The van der Waals surface area contributed by atoms with Crippen molar-refractivity contribution in [3.8, 4) is 5.75 Å². The number of hydrogen-bond donors (Lipinski definition) is 0. The van der Waals surface area contributed by atoms with Gasteiger partial charge in [-0.25, -0.2) is 0 Å². The summed E-state index contributed by atoms with van der Waals surface area (Å²) in [5.74, 6) is 1.87. The fourth-order valence-corrected chi connectivity index (χ4v) is 2.81. The highest BCUT2D eigenvalue weighted by atomic mass is 16.5. The lowest BCUT2D eigenvalue weighted by atomic mass is 10.0. The number of furan rings is 1. The predicted octanol–water partition coefficient (Wildman–Crippen LogP) is 4.40. The van der Waals surface area contributed by atoms with Gasteiger partial charge >= 0.3 is 0 Å². The topological polar surface area (TPSA) is 25.6 Å². The normalized spacial score (nSPS) is 17.7. The number of allylic oxidation sites excluding steroid dienone is 1. The first-order valence-corrected chi connectivity index (χ1v) is 7.46. The molecule has 3 nitrogen and oxygen atoms in total. The zero-order valence-corrected chi connectivity index (χ0v) is 12.4. The Morgan fingerprint density at radius 1 is 1.29 bits per heavy atom. The molecule has 0 saturated carbocycles. The van der Waals surface area contributed by atoms with Gasteiger partial charge in [-0.1, -0.05) is 18.2 Å². The van der Waals surface area contributed by atoms with Crippen molar-refractivity contribution in [3.05, 3.63) is 60.6 Å². The van der Waals surface area contributed by atoms with Crippen molar-refractivity contribution >= 4 is 5.69 Å². The van der Waals surface area contributed by atoms with E-state index in [4.69, 9.17) is 9.15 Å². The average molecular weight is 283 g/mol. The Labute approximate surface area is 125 Å². The molecule has 2 aromatic rings. The van der Waals surface area contributed by atoms with Gasteiger partial charge in [-0.3, -0.25) is 0 Å². The summed E-state index contributed by atoms with van der Waals surface area (Å²) >= 11 is 0. The number of benzene rings is 1. The van der Waals surface area contributed by atoms with E-state index in [1.807, 2.05) is 24.3 Å². The summed E-state index contributed by atoms with van der Waals surface area (Å²) in [4.78, 5) is 2.39. The van der Waals surface area contributed by atoms with Gasteiger partial charge in [0.05, 0.1) is 19.9 Å². The van der Waals surface area contributed by atoms with Crippen LogP contribution in [0.5, 0.6) is 5.75 Å². The van der Waals surface area contributed by atoms with Crippen LogP contribution in [0.15, 0.2) is 59.2 Å². The van der Waals surface area contributed by atoms with Crippen LogP contribution in [0.3, 0.4) is 0 Å². The van der Waals surface area contributed by atoms with Gasteiger partial charge in [-0.05, 0) is 43.5 Å². The van der Waals surface area contributed by atoms with E-state index in [1.54, 1.807) is 13.4 Å². The Hall–Kier alpha value is -2.16. The van der Waals surface area contributed by atoms with Gasteiger partial charge in [0.25, 0.3) is 0 Å².